The highest BCUT2D eigenvalue weighted by atomic mass is 32.1. The summed E-state index contributed by atoms with van der Waals surface area (Å²) in [6, 6.07) is 0. The minimum atomic E-state index is 0.495. The molecule has 0 radical (unpaired) electrons. The van der Waals surface area contributed by atoms with E-state index < -0.39 is 0 Å². The zero-order chi connectivity index (χ0) is 10.3. The Balaban J connectivity index is 3.41. The summed E-state index contributed by atoms with van der Waals surface area (Å²) in [5.41, 5.74) is 0. The Kier molecular flexibility index (Phi) is 2.43. The van der Waals surface area contributed by atoms with E-state index in [1.165, 1.54) is 0 Å². The number of fused-ring (bicyclic) bond motifs is 1. The maximum absolute atomic E-state index is 5.08. The second-order valence-corrected chi connectivity index (χ2v) is 4.20. The van der Waals surface area contributed by atoms with Crippen molar-refractivity contribution < 1.29 is 0 Å². The number of rotatable bonds is 0. The molecule has 0 unspecified atom stereocenters. The monoisotopic (exact) mass is 260 g/mol. The molecule has 0 fully saturated rings. The molecule has 0 aromatic carbocycles. The molecule has 0 aliphatic rings. The van der Waals surface area contributed by atoms with E-state index in [9.17, 15) is 0 Å². The minimum Gasteiger partial charge on any atom is -0.289 e. The second kappa shape index (κ2) is 3.46. The molecular weight excluding hydrogens is 256 g/mol. The summed E-state index contributed by atoms with van der Waals surface area (Å²) in [6.45, 7) is 0. The van der Waals surface area contributed by atoms with Crippen LogP contribution < -0.4 is 0 Å². The first-order valence-electron chi connectivity index (χ1n) is 3.57. The first-order chi connectivity index (χ1) is 6.61. The van der Waals surface area contributed by atoms with Crippen molar-refractivity contribution in [2.24, 2.45) is 0 Å². The van der Waals surface area contributed by atoms with Gasteiger partial charge in [0.05, 0.1) is 10.8 Å². The van der Waals surface area contributed by atoms with Gasteiger partial charge in [-0.2, -0.15) is 0 Å². The Morgan fingerprint density at radius 2 is 0.714 bits per heavy atom. The van der Waals surface area contributed by atoms with Crippen LogP contribution in [0.25, 0.3) is 10.8 Å². The van der Waals surface area contributed by atoms with Gasteiger partial charge in [-0.1, -0.05) is 48.9 Å². The van der Waals surface area contributed by atoms with Crippen LogP contribution in [0, 0.1) is 18.6 Å². The Hall–Kier alpha value is -0.700. The lowest BCUT2D eigenvalue weighted by Gasteiger charge is -1.98. The summed E-state index contributed by atoms with van der Waals surface area (Å²) < 4.78 is 1.98. The van der Waals surface area contributed by atoms with Crippen LogP contribution in [0.2, 0.25) is 0 Å². The molecule has 0 amide bonds. The SMILES string of the molecule is S=c1[nH][nH]c(=S)c2c(=S)[nH][nH]c(=S)c12. The average Bonchev–Trinajstić information content (AvgIpc) is 2.16. The standard InChI is InChI=1S/C6H4N4S4/c11-3-1-2(5(13)9-7-3)6(14)10-8-4(1)12/h(H,7,11)(H,8,12)(H,9,13)(H,10,14). The van der Waals surface area contributed by atoms with Crippen molar-refractivity contribution in [1.82, 2.24) is 20.4 Å². The fraction of sp³-hybridized carbons (Fsp3) is 0. The summed E-state index contributed by atoms with van der Waals surface area (Å²) in [4.78, 5) is 0. The Bertz CT molecular complexity index is 594. The van der Waals surface area contributed by atoms with Crippen LogP contribution in [0.3, 0.4) is 0 Å². The Morgan fingerprint density at radius 3 is 0.929 bits per heavy atom. The van der Waals surface area contributed by atoms with Gasteiger partial charge in [-0.25, -0.2) is 0 Å². The van der Waals surface area contributed by atoms with Crippen LogP contribution in [0.1, 0.15) is 0 Å². The molecule has 0 saturated carbocycles. The zero-order valence-electron chi connectivity index (χ0n) is 6.63. The van der Waals surface area contributed by atoms with Gasteiger partial charge in [-0.05, 0) is 0 Å². The van der Waals surface area contributed by atoms with E-state index in [-0.39, 0.29) is 0 Å². The van der Waals surface area contributed by atoms with E-state index >= 15 is 0 Å². The molecule has 0 saturated heterocycles. The largest absolute Gasteiger partial charge is 0.289 e. The van der Waals surface area contributed by atoms with Crippen LogP contribution in [0.5, 0.6) is 0 Å². The molecule has 0 spiro atoms. The summed E-state index contributed by atoms with van der Waals surface area (Å²) >= 11 is 20.3. The van der Waals surface area contributed by atoms with Gasteiger partial charge in [0.15, 0.2) is 0 Å². The van der Waals surface area contributed by atoms with Crippen molar-refractivity contribution in [3.05, 3.63) is 18.6 Å². The molecule has 4 N–H and O–H groups in total. The predicted octanol–water partition coefficient (Wildman–Crippen LogP) is 3.07. The smallest absolute Gasteiger partial charge is 0.128 e. The van der Waals surface area contributed by atoms with Crippen molar-refractivity contribution in [2.45, 2.75) is 0 Å². The van der Waals surface area contributed by atoms with Crippen LogP contribution in [0.4, 0.5) is 0 Å². The molecule has 4 nitrogen and oxygen atoms in total. The van der Waals surface area contributed by atoms with Crippen molar-refractivity contribution >= 4 is 59.6 Å². The van der Waals surface area contributed by atoms with Gasteiger partial charge in [0.1, 0.15) is 18.6 Å². The highest BCUT2D eigenvalue weighted by molar-refractivity contribution is 7.73. The highest BCUT2D eigenvalue weighted by Crippen LogP contribution is 2.14. The number of hydrogen-bond acceptors (Lipinski definition) is 4. The van der Waals surface area contributed by atoms with E-state index in [4.69, 9.17) is 48.9 Å². The third kappa shape index (κ3) is 1.40. The zero-order valence-corrected chi connectivity index (χ0v) is 9.90. The molecule has 72 valence electrons. The number of aromatic amines is 4. The second-order valence-electron chi connectivity index (χ2n) is 2.57. The minimum absolute atomic E-state index is 0.495. The topological polar surface area (TPSA) is 63.2 Å². The van der Waals surface area contributed by atoms with E-state index in [1.807, 2.05) is 0 Å². The van der Waals surface area contributed by atoms with E-state index in [0.717, 1.165) is 0 Å². The maximum atomic E-state index is 5.08. The van der Waals surface area contributed by atoms with Crippen molar-refractivity contribution in [3.8, 4) is 0 Å². The fourth-order valence-corrected chi connectivity index (χ4v) is 2.29. The first kappa shape index (κ1) is 9.84. The first-order valence-corrected chi connectivity index (χ1v) is 5.20. The predicted molar refractivity (Wildman–Crippen MR) is 64.7 cm³/mol. The van der Waals surface area contributed by atoms with Crippen molar-refractivity contribution in [1.29, 1.82) is 0 Å². The molecule has 0 aliphatic heterocycles. The van der Waals surface area contributed by atoms with Crippen molar-refractivity contribution in [3.63, 3.8) is 0 Å². The van der Waals surface area contributed by atoms with Gasteiger partial charge >= 0.3 is 0 Å². The average molecular weight is 260 g/mol. The molecule has 2 aromatic rings. The van der Waals surface area contributed by atoms with E-state index in [1.54, 1.807) is 0 Å². The third-order valence-electron chi connectivity index (χ3n) is 1.74. The molecule has 2 rings (SSSR count). The number of nitrogens with one attached hydrogen (secondary N) is 4. The lowest BCUT2D eigenvalue weighted by atomic mass is 10.3. The number of aromatic nitrogens is 4. The molecule has 8 heteroatoms. The molecule has 0 aliphatic carbocycles. The normalized spacial score (nSPS) is 10.6. The van der Waals surface area contributed by atoms with Gasteiger partial charge in [-0.3, -0.25) is 20.4 Å². The lowest BCUT2D eigenvalue weighted by Crippen LogP contribution is -1.92. The number of H-pyrrole nitrogens is 4. The van der Waals surface area contributed by atoms with Crippen LogP contribution in [-0.2, 0) is 0 Å². The van der Waals surface area contributed by atoms with Gasteiger partial charge in [0.2, 0.25) is 0 Å². The lowest BCUT2D eigenvalue weighted by molar-refractivity contribution is 0.985. The van der Waals surface area contributed by atoms with Gasteiger partial charge < -0.3 is 0 Å². The van der Waals surface area contributed by atoms with E-state index in [2.05, 4.69) is 20.4 Å². The van der Waals surface area contributed by atoms with Crippen LogP contribution >= 0.6 is 48.9 Å². The fourth-order valence-electron chi connectivity index (χ4n) is 1.14. The van der Waals surface area contributed by atoms with E-state index in [0.29, 0.717) is 29.3 Å². The maximum Gasteiger partial charge on any atom is 0.128 e. The molecule has 0 bridgehead atoms. The summed E-state index contributed by atoms with van der Waals surface area (Å²) in [5.74, 6) is 0. The molecule has 2 aromatic heterocycles. The summed E-state index contributed by atoms with van der Waals surface area (Å²) in [7, 11) is 0. The Morgan fingerprint density at radius 1 is 0.500 bits per heavy atom. The number of hydrogen-bond donors (Lipinski definition) is 4. The molecule has 14 heavy (non-hydrogen) atoms. The van der Waals surface area contributed by atoms with Crippen LogP contribution in [0.15, 0.2) is 0 Å². The van der Waals surface area contributed by atoms with Gasteiger partial charge in [0.25, 0.3) is 0 Å². The van der Waals surface area contributed by atoms with Gasteiger partial charge in [-0.15, -0.1) is 0 Å². The molecule has 0 atom stereocenters. The van der Waals surface area contributed by atoms with Gasteiger partial charge in [0, 0.05) is 0 Å². The third-order valence-corrected chi connectivity index (χ3v) is 2.96. The quantitative estimate of drug-likeness (QED) is 0.550. The Labute approximate surface area is 98.4 Å². The molecular formula is C6H4N4S4. The van der Waals surface area contributed by atoms with Crippen molar-refractivity contribution in [2.75, 3.05) is 0 Å². The molecule has 2 heterocycles. The summed E-state index contributed by atoms with van der Waals surface area (Å²) in [5, 5.41) is 12.4. The summed E-state index contributed by atoms with van der Waals surface area (Å²) in [6.07, 6.45) is 0. The van der Waals surface area contributed by atoms with Crippen LogP contribution in [-0.4, -0.2) is 20.4 Å². The highest BCUT2D eigenvalue weighted by Gasteiger charge is 2.01.